The van der Waals surface area contributed by atoms with Crippen LogP contribution in [0.1, 0.15) is 45.4 Å². The van der Waals surface area contributed by atoms with Gasteiger partial charge in [0.05, 0.1) is 12.4 Å². The van der Waals surface area contributed by atoms with Crippen molar-refractivity contribution < 1.29 is 0 Å². The highest BCUT2D eigenvalue weighted by atomic mass is 32.1. The lowest BCUT2D eigenvalue weighted by atomic mass is 9.84. The molecule has 4 aromatic rings. The van der Waals surface area contributed by atoms with E-state index in [1.54, 1.807) is 41.3 Å². The Bertz CT molecular complexity index is 1240. The highest BCUT2D eigenvalue weighted by molar-refractivity contribution is 7.29. The van der Waals surface area contributed by atoms with Gasteiger partial charge in [0.25, 0.3) is 0 Å². The number of imidazole rings is 1. The minimum absolute atomic E-state index is 0.242. The number of nitrogens with zero attached hydrogens (tertiary/aromatic N) is 7. The Morgan fingerprint density at radius 2 is 1.78 bits per heavy atom. The molecule has 0 saturated carbocycles. The third-order valence-electron chi connectivity index (χ3n) is 6.95. The van der Waals surface area contributed by atoms with Gasteiger partial charge in [0.2, 0.25) is 0 Å². The summed E-state index contributed by atoms with van der Waals surface area (Å²) in [5.41, 5.74) is 1.26. The molecule has 166 valence electrons. The highest BCUT2D eigenvalue weighted by Gasteiger charge is 2.49. The topological polar surface area (TPSA) is 84.7 Å². The molecule has 2 aliphatic heterocycles. The van der Waals surface area contributed by atoms with Crippen LogP contribution in [0.5, 0.6) is 0 Å². The number of nitrogens with one attached hydrogen (secondary N) is 1. The van der Waals surface area contributed by atoms with Crippen molar-refractivity contribution in [3.8, 4) is 16.5 Å². The van der Waals surface area contributed by atoms with Crippen molar-refractivity contribution in [2.24, 2.45) is 0 Å². The second-order valence-corrected chi connectivity index (χ2v) is 11.6. The fourth-order valence-corrected chi connectivity index (χ4v) is 7.36. The average molecular weight is 467 g/mol. The Labute approximate surface area is 194 Å². The highest BCUT2D eigenvalue weighted by Crippen LogP contribution is 2.45. The summed E-state index contributed by atoms with van der Waals surface area (Å²) in [5, 5.41) is 5.78. The molecule has 32 heavy (non-hydrogen) atoms. The van der Waals surface area contributed by atoms with Crippen molar-refractivity contribution in [3.05, 3.63) is 30.6 Å². The van der Waals surface area contributed by atoms with E-state index in [1.165, 1.54) is 12.8 Å². The zero-order chi connectivity index (χ0) is 22.1. The molecule has 1 N–H and O–H groups in total. The molecule has 2 saturated heterocycles. The molecule has 2 aliphatic rings. The standard InChI is InChI=1S/C22H26N8S2/c1-13-23-7-8-30(13)16-12-24-15(11-25-16)17-26-18-19(31-17)27-20(32-18)29(4)14-9-21(2)5-6-22(3,10-14)28-21/h7-8,11-12,14,28H,5-6,9-10H2,1-4H3/t14-,21-,22+. The number of fused-ring (bicyclic) bond motifs is 3. The van der Waals surface area contributed by atoms with Gasteiger partial charge < -0.3 is 10.2 Å². The van der Waals surface area contributed by atoms with Gasteiger partial charge in [-0.3, -0.25) is 4.57 Å². The summed E-state index contributed by atoms with van der Waals surface area (Å²) in [7, 11) is 2.19. The average Bonchev–Trinajstić information content (AvgIpc) is 3.49. The molecular formula is C22H26N8S2. The maximum atomic E-state index is 4.94. The van der Waals surface area contributed by atoms with Crippen LogP contribution >= 0.6 is 22.7 Å². The van der Waals surface area contributed by atoms with Gasteiger partial charge in [-0.15, -0.1) is 0 Å². The van der Waals surface area contributed by atoms with Crippen LogP contribution in [0, 0.1) is 6.92 Å². The third-order valence-corrected chi connectivity index (χ3v) is 9.09. The Kier molecular flexibility index (Phi) is 4.44. The maximum Gasteiger partial charge on any atom is 0.188 e. The first-order valence-corrected chi connectivity index (χ1v) is 12.6. The van der Waals surface area contributed by atoms with Gasteiger partial charge in [-0.2, -0.15) is 0 Å². The number of thiazole rings is 2. The van der Waals surface area contributed by atoms with Gasteiger partial charge in [-0.05, 0) is 46.5 Å². The summed E-state index contributed by atoms with van der Waals surface area (Å²) >= 11 is 3.25. The lowest BCUT2D eigenvalue weighted by molar-refractivity contribution is 0.208. The Morgan fingerprint density at radius 3 is 2.41 bits per heavy atom. The van der Waals surface area contributed by atoms with Gasteiger partial charge in [0.15, 0.2) is 20.6 Å². The molecule has 0 unspecified atom stereocenters. The van der Waals surface area contributed by atoms with E-state index in [0.29, 0.717) is 6.04 Å². The molecule has 6 rings (SSSR count). The van der Waals surface area contributed by atoms with E-state index >= 15 is 0 Å². The number of aryl methyl sites for hydroxylation is 1. The molecule has 0 amide bonds. The van der Waals surface area contributed by atoms with Gasteiger partial charge in [-0.25, -0.2) is 24.9 Å². The van der Waals surface area contributed by atoms with E-state index in [2.05, 4.69) is 46.1 Å². The fraction of sp³-hybridized carbons (Fsp3) is 0.500. The van der Waals surface area contributed by atoms with E-state index < -0.39 is 0 Å². The number of hydrogen-bond donors (Lipinski definition) is 1. The Morgan fingerprint density at radius 1 is 1.03 bits per heavy atom. The smallest absolute Gasteiger partial charge is 0.188 e. The minimum atomic E-state index is 0.242. The maximum absolute atomic E-state index is 4.94. The van der Waals surface area contributed by atoms with Crippen molar-refractivity contribution in [2.45, 2.75) is 63.6 Å². The van der Waals surface area contributed by atoms with Crippen molar-refractivity contribution >= 4 is 37.5 Å². The second-order valence-electron chi connectivity index (χ2n) is 9.65. The predicted molar refractivity (Wildman–Crippen MR) is 129 cm³/mol. The van der Waals surface area contributed by atoms with Crippen molar-refractivity contribution in [2.75, 3.05) is 11.9 Å². The predicted octanol–water partition coefficient (Wildman–Crippen LogP) is 4.20. The summed E-state index contributed by atoms with van der Waals surface area (Å²) < 4.78 is 1.91. The van der Waals surface area contributed by atoms with Gasteiger partial charge >= 0.3 is 0 Å². The summed E-state index contributed by atoms with van der Waals surface area (Å²) in [6, 6.07) is 0.499. The lowest BCUT2D eigenvalue weighted by Crippen LogP contribution is -2.58. The van der Waals surface area contributed by atoms with Crippen LogP contribution in [0.4, 0.5) is 5.13 Å². The zero-order valence-electron chi connectivity index (χ0n) is 18.7. The van der Waals surface area contributed by atoms with E-state index in [0.717, 1.165) is 50.0 Å². The van der Waals surface area contributed by atoms with E-state index in [1.807, 2.05) is 17.7 Å². The lowest BCUT2D eigenvalue weighted by Gasteiger charge is -2.45. The van der Waals surface area contributed by atoms with Crippen LogP contribution in [0.25, 0.3) is 26.2 Å². The first-order chi connectivity index (χ1) is 15.3. The monoisotopic (exact) mass is 466 g/mol. The number of hydrogen-bond acceptors (Lipinski definition) is 9. The van der Waals surface area contributed by atoms with Gasteiger partial charge in [-0.1, -0.05) is 22.7 Å². The molecule has 3 atom stereocenters. The molecule has 0 aliphatic carbocycles. The first-order valence-electron chi connectivity index (χ1n) is 10.9. The van der Waals surface area contributed by atoms with Crippen molar-refractivity contribution in [1.29, 1.82) is 0 Å². The molecule has 0 aromatic carbocycles. The molecule has 0 radical (unpaired) electrons. The van der Waals surface area contributed by atoms with Crippen molar-refractivity contribution in [3.63, 3.8) is 0 Å². The van der Waals surface area contributed by atoms with Crippen LogP contribution in [-0.4, -0.2) is 53.7 Å². The first kappa shape index (κ1) is 20.2. The van der Waals surface area contributed by atoms with E-state index in [4.69, 9.17) is 9.97 Å². The molecule has 4 aromatic heterocycles. The summed E-state index contributed by atoms with van der Waals surface area (Å²) in [5.74, 6) is 1.63. The SMILES string of the molecule is Cc1nccn1-c1cnc(-c2nc3sc(N(C)[C@H]4C[C@]5(C)CC[C@](C)(C4)N5)nc3s2)cn1. The second kappa shape index (κ2) is 7.03. The van der Waals surface area contributed by atoms with Crippen molar-refractivity contribution in [1.82, 2.24) is 34.8 Å². The van der Waals surface area contributed by atoms with Crippen LogP contribution in [0.15, 0.2) is 24.8 Å². The summed E-state index contributed by atoms with van der Waals surface area (Å²) in [4.78, 5) is 27.5. The molecular weight excluding hydrogens is 440 g/mol. The van der Waals surface area contributed by atoms with Crippen LogP contribution in [-0.2, 0) is 0 Å². The Hall–Kier alpha value is -2.43. The number of anilines is 1. The third kappa shape index (κ3) is 3.32. The molecule has 8 nitrogen and oxygen atoms in total. The zero-order valence-corrected chi connectivity index (χ0v) is 20.3. The summed E-state index contributed by atoms with van der Waals surface area (Å²) in [6.45, 7) is 6.68. The normalized spacial score (nSPS) is 27.3. The molecule has 10 heteroatoms. The summed E-state index contributed by atoms with van der Waals surface area (Å²) in [6.07, 6.45) is 12.0. The molecule has 2 bridgehead atoms. The quantitative estimate of drug-likeness (QED) is 0.482. The number of aromatic nitrogens is 6. The minimum Gasteiger partial charge on any atom is -0.348 e. The number of piperidine rings is 1. The molecule has 0 spiro atoms. The van der Waals surface area contributed by atoms with E-state index in [9.17, 15) is 0 Å². The van der Waals surface area contributed by atoms with Crippen LogP contribution in [0.3, 0.4) is 0 Å². The van der Waals surface area contributed by atoms with Crippen LogP contribution in [0.2, 0.25) is 0 Å². The largest absolute Gasteiger partial charge is 0.348 e. The number of rotatable bonds is 4. The van der Waals surface area contributed by atoms with Crippen LogP contribution < -0.4 is 10.2 Å². The van der Waals surface area contributed by atoms with E-state index in [-0.39, 0.29) is 11.1 Å². The fourth-order valence-electron chi connectivity index (χ4n) is 5.32. The Balaban J connectivity index is 1.23. The van der Waals surface area contributed by atoms with Gasteiger partial charge in [0.1, 0.15) is 16.5 Å². The molecule has 2 fully saturated rings. The molecule has 6 heterocycles. The van der Waals surface area contributed by atoms with Gasteiger partial charge in [0, 0.05) is 36.6 Å².